The molecular formula is C24H28N4O2S. The summed E-state index contributed by atoms with van der Waals surface area (Å²) in [4.78, 5) is 12.3. The van der Waals surface area contributed by atoms with E-state index in [0.717, 1.165) is 12.2 Å². The fraction of sp³-hybridized carbons (Fsp3) is 0.292. The van der Waals surface area contributed by atoms with Crippen LogP contribution in [0.5, 0.6) is 5.75 Å². The van der Waals surface area contributed by atoms with Gasteiger partial charge in [-0.1, -0.05) is 65.9 Å². The van der Waals surface area contributed by atoms with Gasteiger partial charge in [-0.2, -0.15) is 0 Å². The number of nitrogens with zero attached hydrogens (tertiary/aromatic N) is 3. The molecule has 0 aliphatic carbocycles. The number of aromatic nitrogens is 3. The third-order valence-corrected chi connectivity index (χ3v) is 5.63. The van der Waals surface area contributed by atoms with E-state index in [1.165, 1.54) is 22.9 Å². The second-order valence-electron chi connectivity index (χ2n) is 7.19. The van der Waals surface area contributed by atoms with Crippen LogP contribution in [0.3, 0.4) is 0 Å². The van der Waals surface area contributed by atoms with Crippen LogP contribution in [0, 0.1) is 6.92 Å². The van der Waals surface area contributed by atoms with Gasteiger partial charge in [0.1, 0.15) is 5.75 Å². The number of hydrogen-bond donors (Lipinski definition) is 1. The average molecular weight is 437 g/mol. The first kappa shape index (κ1) is 22.6. The van der Waals surface area contributed by atoms with Crippen LogP contribution in [-0.4, -0.2) is 33.0 Å². The first-order valence-electron chi connectivity index (χ1n) is 10.3. The highest BCUT2D eigenvalue weighted by atomic mass is 32.2. The summed E-state index contributed by atoms with van der Waals surface area (Å²) in [6.07, 6.45) is 2.31. The molecule has 3 rings (SSSR count). The molecule has 3 aromatic rings. The molecule has 6 nitrogen and oxygen atoms in total. The molecule has 0 saturated carbocycles. The number of thioether (sulfide) groups is 1. The summed E-state index contributed by atoms with van der Waals surface area (Å²) in [5, 5.41) is 12.2. The topological polar surface area (TPSA) is 69.0 Å². The Morgan fingerprint density at radius 1 is 1.19 bits per heavy atom. The van der Waals surface area contributed by atoms with E-state index in [0.29, 0.717) is 24.1 Å². The number of aryl methyl sites for hydroxylation is 1. The van der Waals surface area contributed by atoms with E-state index in [4.69, 9.17) is 4.74 Å². The Kier molecular flexibility index (Phi) is 8.29. The Morgan fingerprint density at radius 2 is 1.94 bits per heavy atom. The molecule has 1 unspecified atom stereocenters. The highest BCUT2D eigenvalue weighted by molar-refractivity contribution is 7.99. The highest BCUT2D eigenvalue weighted by Crippen LogP contribution is 2.25. The zero-order valence-electron chi connectivity index (χ0n) is 18.0. The van der Waals surface area contributed by atoms with E-state index >= 15 is 0 Å². The van der Waals surface area contributed by atoms with E-state index in [1.807, 2.05) is 60.9 Å². The van der Waals surface area contributed by atoms with Gasteiger partial charge in [-0.15, -0.1) is 16.8 Å². The van der Waals surface area contributed by atoms with Crippen molar-refractivity contribution >= 4 is 17.7 Å². The Balaban J connectivity index is 1.55. The summed E-state index contributed by atoms with van der Waals surface area (Å²) in [5.74, 6) is 1.72. The maximum atomic E-state index is 12.3. The van der Waals surface area contributed by atoms with Gasteiger partial charge in [0, 0.05) is 13.1 Å². The zero-order valence-corrected chi connectivity index (χ0v) is 18.8. The normalized spacial score (nSPS) is 11.7. The van der Waals surface area contributed by atoms with Crippen LogP contribution in [0.4, 0.5) is 0 Å². The standard InChI is InChI=1S/C24H28N4O2S/c1-4-16-28-23(19(3)30-21-12-10-18(2)11-13-21)26-27-24(28)31-17-22(29)25-15-14-20-8-6-5-7-9-20/h4-13,19H,1,14-17H2,2-3H3,(H,25,29). The maximum Gasteiger partial charge on any atom is 0.230 e. The zero-order chi connectivity index (χ0) is 22.1. The molecule has 1 amide bonds. The fourth-order valence-electron chi connectivity index (χ4n) is 3.05. The van der Waals surface area contributed by atoms with Crippen molar-refractivity contribution in [1.29, 1.82) is 0 Å². The number of amides is 1. The van der Waals surface area contributed by atoms with Gasteiger partial charge in [-0.05, 0) is 38.0 Å². The van der Waals surface area contributed by atoms with E-state index in [-0.39, 0.29) is 17.8 Å². The highest BCUT2D eigenvalue weighted by Gasteiger charge is 2.19. The van der Waals surface area contributed by atoms with Crippen LogP contribution in [0.1, 0.15) is 30.0 Å². The average Bonchev–Trinajstić information content (AvgIpc) is 3.17. The molecule has 7 heteroatoms. The Morgan fingerprint density at radius 3 is 2.65 bits per heavy atom. The number of nitrogens with one attached hydrogen (secondary N) is 1. The maximum absolute atomic E-state index is 12.3. The molecule has 0 fully saturated rings. The van der Waals surface area contributed by atoms with Gasteiger partial charge >= 0.3 is 0 Å². The number of ether oxygens (including phenoxy) is 1. The number of rotatable bonds is 11. The van der Waals surface area contributed by atoms with Crippen molar-refractivity contribution in [1.82, 2.24) is 20.1 Å². The monoisotopic (exact) mass is 436 g/mol. The molecule has 0 aliphatic heterocycles. The summed E-state index contributed by atoms with van der Waals surface area (Å²) in [6.45, 7) is 8.96. The van der Waals surface area contributed by atoms with Crippen LogP contribution >= 0.6 is 11.8 Å². The molecule has 1 heterocycles. The van der Waals surface area contributed by atoms with Gasteiger partial charge in [-0.3, -0.25) is 9.36 Å². The van der Waals surface area contributed by atoms with Crippen LogP contribution < -0.4 is 10.1 Å². The smallest absolute Gasteiger partial charge is 0.230 e. The van der Waals surface area contributed by atoms with Gasteiger partial charge in [0.25, 0.3) is 0 Å². The molecule has 0 saturated heterocycles. The summed E-state index contributed by atoms with van der Waals surface area (Å²) >= 11 is 1.36. The third-order valence-electron chi connectivity index (χ3n) is 4.67. The van der Waals surface area contributed by atoms with E-state index < -0.39 is 0 Å². The lowest BCUT2D eigenvalue weighted by molar-refractivity contribution is -0.118. The van der Waals surface area contributed by atoms with Crippen molar-refractivity contribution in [3.63, 3.8) is 0 Å². The molecular weight excluding hydrogens is 408 g/mol. The number of benzene rings is 2. The van der Waals surface area contributed by atoms with Crippen molar-refractivity contribution in [2.24, 2.45) is 0 Å². The van der Waals surface area contributed by atoms with E-state index in [9.17, 15) is 4.79 Å². The van der Waals surface area contributed by atoms with Crippen molar-refractivity contribution in [3.8, 4) is 5.75 Å². The predicted octanol–water partition coefficient (Wildman–Crippen LogP) is 4.36. The summed E-state index contributed by atoms with van der Waals surface area (Å²) in [6, 6.07) is 18.0. The number of allylic oxidation sites excluding steroid dienone is 1. The Hall–Kier alpha value is -3.06. The lowest BCUT2D eigenvalue weighted by Gasteiger charge is -2.16. The number of hydrogen-bond acceptors (Lipinski definition) is 5. The molecule has 0 aliphatic rings. The minimum absolute atomic E-state index is 0.0282. The first-order chi connectivity index (χ1) is 15.1. The Bertz CT molecular complexity index is 987. The second-order valence-corrected chi connectivity index (χ2v) is 8.13. The van der Waals surface area contributed by atoms with Crippen LogP contribution in [0.15, 0.2) is 72.4 Å². The van der Waals surface area contributed by atoms with Gasteiger partial charge in [0.15, 0.2) is 17.1 Å². The molecule has 0 radical (unpaired) electrons. The molecule has 1 atom stereocenters. The molecule has 0 bridgehead atoms. The fourth-order valence-corrected chi connectivity index (χ4v) is 3.84. The molecule has 0 spiro atoms. The first-order valence-corrected chi connectivity index (χ1v) is 11.3. The van der Waals surface area contributed by atoms with Crippen molar-refractivity contribution < 1.29 is 9.53 Å². The van der Waals surface area contributed by atoms with Crippen LogP contribution in [-0.2, 0) is 17.8 Å². The van der Waals surface area contributed by atoms with Crippen molar-refractivity contribution in [3.05, 3.63) is 84.2 Å². The van der Waals surface area contributed by atoms with Crippen LogP contribution in [0.2, 0.25) is 0 Å². The minimum Gasteiger partial charge on any atom is -0.483 e. The Labute approximate surface area is 187 Å². The quantitative estimate of drug-likeness (QED) is 0.357. The van der Waals surface area contributed by atoms with Crippen LogP contribution in [0.25, 0.3) is 0 Å². The minimum atomic E-state index is -0.288. The summed E-state index contributed by atoms with van der Waals surface area (Å²) in [7, 11) is 0. The van der Waals surface area contributed by atoms with Crippen molar-refractivity contribution in [2.75, 3.05) is 12.3 Å². The summed E-state index contributed by atoms with van der Waals surface area (Å²) in [5.41, 5.74) is 2.38. The van der Waals surface area contributed by atoms with Gasteiger partial charge in [0.2, 0.25) is 5.91 Å². The molecule has 2 aromatic carbocycles. The molecule has 162 valence electrons. The predicted molar refractivity (Wildman–Crippen MR) is 124 cm³/mol. The van der Waals surface area contributed by atoms with Gasteiger partial charge < -0.3 is 10.1 Å². The van der Waals surface area contributed by atoms with Gasteiger partial charge in [0.05, 0.1) is 5.75 Å². The molecule has 31 heavy (non-hydrogen) atoms. The van der Waals surface area contributed by atoms with E-state index in [2.05, 4.69) is 34.2 Å². The largest absolute Gasteiger partial charge is 0.483 e. The molecule has 1 N–H and O–H groups in total. The lowest BCUT2D eigenvalue weighted by atomic mass is 10.1. The van der Waals surface area contributed by atoms with Gasteiger partial charge in [-0.25, -0.2) is 0 Å². The number of carbonyl (C=O) groups excluding carboxylic acids is 1. The van der Waals surface area contributed by atoms with E-state index in [1.54, 1.807) is 6.08 Å². The third kappa shape index (κ3) is 6.72. The summed E-state index contributed by atoms with van der Waals surface area (Å²) < 4.78 is 7.97. The number of carbonyl (C=O) groups is 1. The lowest BCUT2D eigenvalue weighted by Crippen LogP contribution is -2.27. The molecule has 1 aromatic heterocycles. The second kappa shape index (κ2) is 11.4. The van der Waals surface area contributed by atoms with Crippen molar-refractivity contribution in [2.45, 2.75) is 38.1 Å². The SMILES string of the molecule is C=CCn1c(SCC(=O)NCCc2ccccc2)nnc1C(C)Oc1ccc(C)cc1.